The minimum Gasteiger partial charge on any atom is -1.00 e. The van der Waals surface area contributed by atoms with Gasteiger partial charge in [-0.25, -0.2) is 9.36 Å². The van der Waals surface area contributed by atoms with Gasteiger partial charge in [0, 0.05) is 71.3 Å². The molecule has 0 unspecified atom stereocenters. The number of amides is 2. The Morgan fingerprint density at radius 3 is 1.85 bits per heavy atom. The summed E-state index contributed by atoms with van der Waals surface area (Å²) < 4.78 is 19.7. The van der Waals surface area contributed by atoms with E-state index in [9.17, 15) is 14.7 Å². The van der Waals surface area contributed by atoms with Gasteiger partial charge in [0.1, 0.15) is 12.6 Å². The van der Waals surface area contributed by atoms with Crippen molar-refractivity contribution in [3.05, 3.63) is 23.8 Å². The number of hydrogen-bond acceptors (Lipinski definition) is 16. The highest BCUT2D eigenvalue weighted by Gasteiger charge is 2.36. The number of nitrogens with zero attached hydrogens (tertiary/aromatic N) is 13. The van der Waals surface area contributed by atoms with Gasteiger partial charge in [-0.2, -0.15) is 15.0 Å². The van der Waals surface area contributed by atoms with Gasteiger partial charge in [0.25, 0.3) is 0 Å². The molecule has 67 heavy (non-hydrogen) atoms. The zero-order chi connectivity index (χ0) is 47.3. The van der Waals surface area contributed by atoms with Crippen molar-refractivity contribution in [3.8, 4) is 12.3 Å². The van der Waals surface area contributed by atoms with Crippen molar-refractivity contribution < 1.29 is 52.0 Å². The highest BCUT2D eigenvalue weighted by molar-refractivity contribution is 5.81. The SMILES string of the molecule is C#CCOCCOCCOCCNc1nc(N2CCN(C(=O)[C@H]([C@@H](C)O)n3cc(CCCC[NH3+])nn3)CC2)nc(N2CCN(C(=O)[C@H]([C@@H](C)CC)n3cc(CCC[NH+]=C(N)N)nn3)CC2)n1.[Cl-]. The summed E-state index contributed by atoms with van der Waals surface area (Å²) in [6.07, 6.45) is 12.7. The number of anilines is 3. The van der Waals surface area contributed by atoms with E-state index in [0.29, 0.717) is 123 Å². The van der Waals surface area contributed by atoms with Gasteiger partial charge in [0.2, 0.25) is 29.7 Å². The summed E-state index contributed by atoms with van der Waals surface area (Å²) in [5.41, 5.74) is 16.5. The number of ether oxygens (including phenoxy) is 3. The fourth-order valence-electron chi connectivity index (χ4n) is 7.64. The number of halogens is 1. The fraction of sp³-hybridized carbons (Fsp3) is 0.714. The number of rotatable bonds is 28. The Morgan fingerprint density at radius 2 is 1.33 bits per heavy atom. The number of aliphatic hydroxyl groups is 1. The van der Waals surface area contributed by atoms with E-state index in [-0.39, 0.29) is 42.7 Å². The predicted octanol–water partition coefficient (Wildman–Crippen LogP) is -6.79. The summed E-state index contributed by atoms with van der Waals surface area (Å²) in [6, 6.07) is -1.40. The molecule has 5 heterocycles. The summed E-state index contributed by atoms with van der Waals surface area (Å²) in [5, 5.41) is 31.2. The molecule has 2 amide bonds. The zero-order valence-corrected chi connectivity index (χ0v) is 40.1. The van der Waals surface area contributed by atoms with Gasteiger partial charge < -0.3 is 62.4 Å². The number of piperazine rings is 2. The van der Waals surface area contributed by atoms with Crippen molar-refractivity contribution in [1.29, 1.82) is 0 Å². The molecular weight excluding hydrogens is 888 g/mol. The van der Waals surface area contributed by atoms with Crippen LogP contribution in [0.1, 0.15) is 69.9 Å². The molecule has 2 saturated heterocycles. The first kappa shape index (κ1) is 54.2. The normalized spacial score (nSPS) is 15.9. The van der Waals surface area contributed by atoms with E-state index in [4.69, 9.17) is 47.1 Å². The molecule has 0 aromatic carbocycles. The predicted molar refractivity (Wildman–Crippen MR) is 245 cm³/mol. The van der Waals surface area contributed by atoms with Crippen molar-refractivity contribution in [3.63, 3.8) is 0 Å². The van der Waals surface area contributed by atoms with Crippen LogP contribution in [-0.4, -0.2) is 195 Å². The molecule has 0 aliphatic carbocycles. The van der Waals surface area contributed by atoms with Crippen molar-refractivity contribution in [2.45, 2.75) is 77.5 Å². The Bertz CT molecular complexity index is 1990. The van der Waals surface area contributed by atoms with Crippen LogP contribution in [0.3, 0.4) is 0 Å². The van der Waals surface area contributed by atoms with E-state index >= 15 is 0 Å². The number of carbonyl (C=O) groups is 2. The van der Waals surface area contributed by atoms with E-state index in [1.165, 1.54) is 4.68 Å². The Morgan fingerprint density at radius 1 is 0.806 bits per heavy atom. The number of nitrogens with one attached hydrogen (secondary N) is 2. The van der Waals surface area contributed by atoms with Crippen molar-refractivity contribution in [1.82, 2.24) is 54.7 Å². The van der Waals surface area contributed by atoms with Gasteiger partial charge in [0.05, 0.1) is 63.6 Å². The molecule has 4 atom stereocenters. The van der Waals surface area contributed by atoms with Crippen LogP contribution < -0.4 is 49.7 Å². The van der Waals surface area contributed by atoms with E-state index in [1.807, 2.05) is 16.0 Å². The monoisotopic (exact) mass is 960 g/mol. The molecule has 10 N–H and O–H groups in total. The number of carbonyl (C=O) groups excluding carboxylic acids is 2. The zero-order valence-electron chi connectivity index (χ0n) is 39.3. The number of guanidine groups is 1. The summed E-state index contributed by atoms with van der Waals surface area (Å²) in [5.74, 6) is 3.70. The molecule has 0 saturated carbocycles. The molecule has 0 bridgehead atoms. The molecule has 3 aromatic heterocycles. The first-order valence-corrected chi connectivity index (χ1v) is 23.2. The second-order valence-corrected chi connectivity index (χ2v) is 16.5. The van der Waals surface area contributed by atoms with E-state index in [0.717, 1.165) is 50.0 Å². The first-order valence-electron chi connectivity index (χ1n) is 23.2. The lowest BCUT2D eigenvalue weighted by Crippen LogP contribution is -3.00. The highest BCUT2D eigenvalue weighted by atomic mass is 35.5. The largest absolute Gasteiger partial charge is 1.00 e. The van der Waals surface area contributed by atoms with E-state index in [2.05, 4.69) is 61.3 Å². The van der Waals surface area contributed by atoms with Gasteiger partial charge in [0.15, 0.2) is 6.04 Å². The molecule has 5 rings (SSSR count). The number of aromatic nitrogens is 9. The van der Waals surface area contributed by atoms with Gasteiger partial charge in [-0.15, -0.1) is 16.6 Å². The Labute approximate surface area is 399 Å². The van der Waals surface area contributed by atoms with Crippen molar-refractivity contribution >= 4 is 35.6 Å². The lowest BCUT2D eigenvalue weighted by molar-refractivity contribution is -0.459. The van der Waals surface area contributed by atoms with Crippen LogP contribution in [0.15, 0.2) is 12.4 Å². The topological polar surface area (TPSA) is 301 Å². The summed E-state index contributed by atoms with van der Waals surface area (Å²) >= 11 is 0. The summed E-state index contributed by atoms with van der Waals surface area (Å²) in [6.45, 7) is 13.5. The number of aliphatic hydroxyl groups excluding tert-OH is 1. The van der Waals surface area contributed by atoms with Crippen LogP contribution in [0.2, 0.25) is 0 Å². The Balaban J connectivity index is 0.00000980. The lowest BCUT2D eigenvalue weighted by Gasteiger charge is -2.38. The number of nitrogens with two attached hydrogens (primary N) is 2. The molecule has 372 valence electrons. The summed E-state index contributed by atoms with van der Waals surface area (Å²) in [7, 11) is 0. The number of hydrogen-bond donors (Lipinski definition) is 6. The highest BCUT2D eigenvalue weighted by Crippen LogP contribution is 2.26. The average molecular weight is 961 g/mol. The third-order valence-corrected chi connectivity index (χ3v) is 11.5. The van der Waals surface area contributed by atoms with Crippen LogP contribution in [0.25, 0.3) is 0 Å². The maximum Gasteiger partial charge on any atom is 0.338 e. The number of terminal acetylenes is 1. The molecule has 0 radical (unpaired) electrons. The van der Waals surface area contributed by atoms with Gasteiger partial charge >= 0.3 is 5.96 Å². The van der Waals surface area contributed by atoms with Crippen LogP contribution in [-0.2, 0) is 36.6 Å². The minimum absolute atomic E-state index is 0. The number of aryl methyl sites for hydroxylation is 2. The van der Waals surface area contributed by atoms with Crippen LogP contribution in [0.4, 0.5) is 17.8 Å². The standard InChI is InChI=1S/C42H70N18O6.ClH/c1-5-23-64-25-27-66-28-26-65-24-14-47-40-48-41(57-19-15-55(16-20-57)37(62)35(31(3)6-2)59-29-34(52-53-59)11-9-13-46-39(44)45)50-42(49-40)58-21-17-56(18-22-58)38(63)36(32(4)61)60-30-33(51-54-60)10-7-8-12-43;/h1,29-32,35-36,61H,6-28,43H2,2-4H3,(H4,44,45,46)(H,47,48,49,50);1H/p+1/t31-,32+,35-,36-;/m0./s1. The molecule has 3 aromatic rings. The second kappa shape index (κ2) is 28.7. The van der Waals surface area contributed by atoms with Gasteiger partial charge in [-0.05, 0) is 44.9 Å². The van der Waals surface area contributed by atoms with E-state index < -0.39 is 18.2 Å². The molecule has 25 heteroatoms. The van der Waals surface area contributed by atoms with Crippen LogP contribution in [0.5, 0.6) is 0 Å². The molecule has 0 spiro atoms. The molecular formula is C42H72ClN18O6+. The van der Waals surface area contributed by atoms with Crippen LogP contribution in [0, 0.1) is 18.3 Å². The lowest BCUT2D eigenvalue weighted by atomic mass is 9.97. The average Bonchev–Trinajstić information content (AvgIpc) is 3.99. The third kappa shape index (κ3) is 16.7. The number of unbranched alkanes of at least 4 members (excludes halogenated alkanes) is 1. The number of quaternary nitrogens is 1. The van der Waals surface area contributed by atoms with E-state index in [1.54, 1.807) is 22.7 Å². The van der Waals surface area contributed by atoms with Crippen LogP contribution >= 0.6 is 0 Å². The molecule has 24 nitrogen and oxygen atoms in total. The third-order valence-electron chi connectivity index (χ3n) is 11.5. The Hall–Kier alpha value is -5.45. The first-order chi connectivity index (χ1) is 32.0. The smallest absolute Gasteiger partial charge is 0.338 e. The fourth-order valence-corrected chi connectivity index (χ4v) is 7.64. The second-order valence-electron chi connectivity index (χ2n) is 16.5. The molecule has 2 fully saturated rings. The molecule has 2 aliphatic heterocycles. The maximum absolute atomic E-state index is 14.2. The minimum atomic E-state index is -0.980. The summed E-state index contributed by atoms with van der Waals surface area (Å²) in [4.78, 5) is 53.3. The van der Waals surface area contributed by atoms with Gasteiger partial charge in [-0.3, -0.25) is 26.0 Å². The van der Waals surface area contributed by atoms with Gasteiger partial charge in [-0.1, -0.05) is 36.6 Å². The maximum atomic E-state index is 14.2. The molecule has 2 aliphatic rings. The van der Waals surface area contributed by atoms with Crippen molar-refractivity contribution in [2.24, 2.45) is 17.4 Å². The van der Waals surface area contributed by atoms with Crippen molar-refractivity contribution in [2.75, 3.05) is 127 Å². The Kier molecular flexibility index (Phi) is 23.2. The quantitative estimate of drug-likeness (QED) is 0.0171.